The Hall–Kier alpha value is -0.920. The minimum atomic E-state index is -0.477. The molecule has 0 aliphatic rings. The zero-order valence-electron chi connectivity index (χ0n) is 9.14. The topological polar surface area (TPSA) is 50.8 Å². The second kappa shape index (κ2) is 3.83. The predicted octanol–water partition coefficient (Wildman–Crippen LogP) is 2.88. The van der Waals surface area contributed by atoms with Gasteiger partial charge in [0.25, 0.3) is 5.88 Å². The molecule has 0 bridgehead atoms. The molecule has 0 amide bonds. The van der Waals surface area contributed by atoms with Crippen molar-refractivity contribution in [1.82, 2.24) is 15.2 Å². The Morgan fingerprint density at radius 1 is 1.44 bits per heavy atom. The Kier molecular flexibility index (Phi) is 2.77. The van der Waals surface area contributed by atoms with Crippen LogP contribution in [0.1, 0.15) is 20.8 Å². The van der Waals surface area contributed by atoms with Crippen molar-refractivity contribution in [2.24, 2.45) is 0 Å². The number of fused-ring (bicyclic) bond motifs is 1. The van der Waals surface area contributed by atoms with Gasteiger partial charge in [-0.1, -0.05) is 0 Å². The van der Waals surface area contributed by atoms with Crippen molar-refractivity contribution in [2.45, 2.75) is 26.4 Å². The van der Waals surface area contributed by atoms with Gasteiger partial charge in [-0.2, -0.15) is 10.1 Å². The number of aromatic nitrogens is 3. The van der Waals surface area contributed by atoms with Crippen LogP contribution < -0.4 is 4.74 Å². The molecule has 6 heteroatoms. The SMILES string of the molecule is CC(C)(C)Oc1nc2[nH]nc(I)c2cc1F. The van der Waals surface area contributed by atoms with Gasteiger partial charge < -0.3 is 4.74 Å². The van der Waals surface area contributed by atoms with Crippen LogP contribution >= 0.6 is 22.6 Å². The second-order valence-corrected chi connectivity index (χ2v) is 5.42. The Bertz CT molecular complexity index is 533. The van der Waals surface area contributed by atoms with E-state index in [9.17, 15) is 4.39 Å². The molecule has 0 fully saturated rings. The third-order valence-electron chi connectivity index (χ3n) is 1.83. The van der Waals surface area contributed by atoms with E-state index in [1.54, 1.807) is 0 Å². The fourth-order valence-corrected chi connectivity index (χ4v) is 1.77. The lowest BCUT2D eigenvalue weighted by Crippen LogP contribution is -2.24. The average Bonchev–Trinajstić information content (AvgIpc) is 2.47. The smallest absolute Gasteiger partial charge is 0.253 e. The molecule has 2 aromatic rings. The third kappa shape index (κ3) is 2.26. The van der Waals surface area contributed by atoms with Gasteiger partial charge in [0.15, 0.2) is 11.5 Å². The molecule has 0 aliphatic heterocycles. The highest BCUT2D eigenvalue weighted by atomic mass is 127. The molecule has 2 aromatic heterocycles. The fourth-order valence-electron chi connectivity index (χ4n) is 1.24. The molecule has 86 valence electrons. The standard InChI is InChI=1S/C10H11FIN3O/c1-10(2,3)16-9-6(11)4-5-7(12)14-15-8(5)13-9/h4H,1-3H3,(H,13,14,15). The van der Waals surface area contributed by atoms with Crippen molar-refractivity contribution >= 4 is 33.6 Å². The number of pyridine rings is 1. The van der Waals surface area contributed by atoms with Crippen molar-refractivity contribution in [1.29, 1.82) is 0 Å². The molecule has 4 nitrogen and oxygen atoms in total. The Morgan fingerprint density at radius 2 is 2.12 bits per heavy atom. The molecule has 16 heavy (non-hydrogen) atoms. The van der Waals surface area contributed by atoms with Gasteiger partial charge in [0.05, 0.1) is 5.39 Å². The van der Waals surface area contributed by atoms with Gasteiger partial charge in [-0.05, 0) is 49.4 Å². The number of nitrogens with one attached hydrogen (secondary N) is 1. The summed E-state index contributed by atoms with van der Waals surface area (Å²) >= 11 is 2.02. The molecular formula is C10H11FIN3O. The first-order valence-corrected chi connectivity index (χ1v) is 5.84. The summed E-state index contributed by atoms with van der Waals surface area (Å²) in [4.78, 5) is 4.06. The molecule has 0 atom stereocenters. The van der Waals surface area contributed by atoms with E-state index in [1.165, 1.54) is 6.07 Å². The summed E-state index contributed by atoms with van der Waals surface area (Å²) in [7, 11) is 0. The van der Waals surface area contributed by atoms with Crippen LogP contribution in [0.3, 0.4) is 0 Å². The maximum Gasteiger partial charge on any atom is 0.253 e. The molecule has 0 unspecified atom stereocenters. The normalized spacial score (nSPS) is 12.1. The molecule has 2 rings (SSSR count). The number of ether oxygens (including phenoxy) is 1. The molecule has 0 saturated heterocycles. The molecule has 0 radical (unpaired) electrons. The second-order valence-electron chi connectivity index (χ2n) is 4.40. The number of hydrogen-bond acceptors (Lipinski definition) is 3. The first kappa shape index (κ1) is 11.6. The highest BCUT2D eigenvalue weighted by Gasteiger charge is 2.18. The predicted molar refractivity (Wildman–Crippen MR) is 66.9 cm³/mol. The van der Waals surface area contributed by atoms with Crippen molar-refractivity contribution in [3.63, 3.8) is 0 Å². The van der Waals surface area contributed by atoms with Crippen LogP contribution in [-0.2, 0) is 0 Å². The van der Waals surface area contributed by atoms with E-state index in [0.29, 0.717) is 14.7 Å². The molecule has 0 spiro atoms. The minimum Gasteiger partial charge on any atom is -0.470 e. The lowest BCUT2D eigenvalue weighted by Gasteiger charge is -2.20. The summed E-state index contributed by atoms with van der Waals surface area (Å²) < 4.78 is 19.8. The monoisotopic (exact) mass is 335 g/mol. The first-order chi connectivity index (χ1) is 7.37. The summed E-state index contributed by atoms with van der Waals surface area (Å²) in [6, 6.07) is 1.38. The van der Waals surface area contributed by atoms with Crippen LogP contribution in [0, 0.1) is 9.52 Å². The zero-order valence-corrected chi connectivity index (χ0v) is 11.3. The van der Waals surface area contributed by atoms with Crippen LogP contribution in [0.15, 0.2) is 6.07 Å². The summed E-state index contributed by atoms with van der Waals surface area (Å²) in [5, 5.41) is 7.34. The highest BCUT2D eigenvalue weighted by Crippen LogP contribution is 2.25. The third-order valence-corrected chi connectivity index (χ3v) is 2.65. The summed E-state index contributed by atoms with van der Waals surface area (Å²) in [6.07, 6.45) is 0. The highest BCUT2D eigenvalue weighted by molar-refractivity contribution is 14.1. The molecule has 0 saturated carbocycles. The largest absolute Gasteiger partial charge is 0.470 e. The van der Waals surface area contributed by atoms with E-state index >= 15 is 0 Å². The number of aromatic amines is 1. The average molecular weight is 335 g/mol. The van der Waals surface area contributed by atoms with Gasteiger partial charge >= 0.3 is 0 Å². The lowest BCUT2D eigenvalue weighted by molar-refractivity contribution is 0.117. The number of nitrogens with zero attached hydrogens (tertiary/aromatic N) is 2. The number of hydrogen-bond donors (Lipinski definition) is 1. The quantitative estimate of drug-likeness (QED) is 0.816. The van der Waals surface area contributed by atoms with E-state index in [2.05, 4.69) is 15.2 Å². The van der Waals surface area contributed by atoms with Gasteiger partial charge in [-0.25, -0.2) is 4.39 Å². The zero-order chi connectivity index (χ0) is 11.9. The lowest BCUT2D eigenvalue weighted by atomic mass is 10.2. The van der Waals surface area contributed by atoms with Gasteiger partial charge in [0, 0.05) is 0 Å². The van der Waals surface area contributed by atoms with Gasteiger partial charge in [0.1, 0.15) is 9.30 Å². The van der Waals surface area contributed by atoms with Crippen molar-refractivity contribution < 1.29 is 9.13 Å². The summed E-state index contributed by atoms with van der Waals surface area (Å²) in [6.45, 7) is 5.53. The number of H-pyrrole nitrogens is 1. The van der Waals surface area contributed by atoms with Gasteiger partial charge in [0.2, 0.25) is 0 Å². The van der Waals surface area contributed by atoms with E-state index in [0.717, 1.165) is 0 Å². The Balaban J connectivity index is 2.51. The molecule has 1 N–H and O–H groups in total. The minimum absolute atomic E-state index is 0.0000463. The van der Waals surface area contributed by atoms with E-state index in [4.69, 9.17) is 4.74 Å². The first-order valence-electron chi connectivity index (χ1n) is 4.76. The van der Waals surface area contributed by atoms with Crippen LogP contribution in [0.25, 0.3) is 11.0 Å². The van der Waals surface area contributed by atoms with Gasteiger partial charge in [-0.15, -0.1) is 0 Å². The van der Waals surface area contributed by atoms with Gasteiger partial charge in [-0.3, -0.25) is 5.10 Å². The van der Waals surface area contributed by atoms with Crippen molar-refractivity contribution in [2.75, 3.05) is 0 Å². The van der Waals surface area contributed by atoms with Crippen molar-refractivity contribution in [3.05, 3.63) is 15.6 Å². The Labute approximate surface area is 106 Å². The van der Waals surface area contributed by atoms with Crippen LogP contribution in [-0.4, -0.2) is 20.8 Å². The number of halogens is 2. The van der Waals surface area contributed by atoms with E-state index < -0.39 is 11.4 Å². The van der Waals surface area contributed by atoms with E-state index in [-0.39, 0.29) is 5.88 Å². The molecule has 0 aromatic carbocycles. The summed E-state index contributed by atoms with van der Waals surface area (Å²) in [5.74, 6) is -0.471. The van der Waals surface area contributed by atoms with Crippen molar-refractivity contribution in [3.8, 4) is 5.88 Å². The fraction of sp³-hybridized carbons (Fsp3) is 0.400. The van der Waals surface area contributed by atoms with E-state index in [1.807, 2.05) is 43.4 Å². The van der Waals surface area contributed by atoms with Crippen LogP contribution in [0.4, 0.5) is 4.39 Å². The number of rotatable bonds is 1. The Morgan fingerprint density at radius 3 is 2.75 bits per heavy atom. The molecule has 0 aliphatic carbocycles. The van der Waals surface area contributed by atoms with Crippen LogP contribution in [0.2, 0.25) is 0 Å². The van der Waals surface area contributed by atoms with Crippen LogP contribution in [0.5, 0.6) is 5.88 Å². The maximum absolute atomic E-state index is 13.7. The molecule has 2 heterocycles. The maximum atomic E-state index is 13.7. The summed E-state index contributed by atoms with van der Waals surface area (Å²) in [5.41, 5.74) is 0.0550. The molecular weight excluding hydrogens is 324 g/mol.